The molecule has 0 fully saturated rings. The SMILES string of the molecule is CC(C)(C)/C(CC(=O)CCC(=O)Nc1ccc(Cl)cc1)=N\NC(N)=S. The number of hydrazone groups is 1. The normalized spacial score (nSPS) is 11.8. The second-order valence-electron chi connectivity index (χ2n) is 6.56. The predicted molar refractivity (Wildman–Crippen MR) is 106 cm³/mol. The Balaban J connectivity index is 2.54. The summed E-state index contributed by atoms with van der Waals surface area (Å²) in [6.45, 7) is 5.81. The van der Waals surface area contributed by atoms with Crippen LogP contribution in [0.2, 0.25) is 5.02 Å². The van der Waals surface area contributed by atoms with Crippen LogP contribution in [-0.2, 0) is 9.59 Å². The van der Waals surface area contributed by atoms with Crippen molar-refractivity contribution in [2.24, 2.45) is 16.3 Å². The van der Waals surface area contributed by atoms with Gasteiger partial charge in [-0.3, -0.25) is 15.0 Å². The molecule has 1 aromatic rings. The predicted octanol–water partition coefficient (Wildman–Crippen LogP) is 3.25. The lowest BCUT2D eigenvalue weighted by atomic mass is 9.86. The van der Waals surface area contributed by atoms with Crippen molar-refractivity contribution < 1.29 is 9.59 Å². The number of halogens is 1. The van der Waals surface area contributed by atoms with E-state index >= 15 is 0 Å². The quantitative estimate of drug-likeness (QED) is 0.382. The summed E-state index contributed by atoms with van der Waals surface area (Å²) in [5.74, 6) is -0.309. The van der Waals surface area contributed by atoms with Crippen LogP contribution in [0, 0.1) is 5.41 Å². The molecule has 0 saturated carbocycles. The lowest BCUT2D eigenvalue weighted by Crippen LogP contribution is -2.31. The summed E-state index contributed by atoms with van der Waals surface area (Å²) >= 11 is 10.5. The first-order valence-electron chi connectivity index (χ1n) is 7.77. The topological polar surface area (TPSA) is 96.6 Å². The summed E-state index contributed by atoms with van der Waals surface area (Å²) in [7, 11) is 0. The number of nitrogens with two attached hydrogens (primary N) is 1. The zero-order valence-corrected chi connectivity index (χ0v) is 16.1. The minimum Gasteiger partial charge on any atom is -0.375 e. The number of nitrogens with one attached hydrogen (secondary N) is 2. The first kappa shape index (κ1) is 21.1. The van der Waals surface area contributed by atoms with Crippen molar-refractivity contribution in [2.75, 3.05) is 5.32 Å². The van der Waals surface area contributed by atoms with E-state index in [-0.39, 0.29) is 41.5 Å². The highest BCUT2D eigenvalue weighted by Gasteiger charge is 2.22. The molecule has 1 amide bonds. The Morgan fingerprint density at radius 2 is 1.80 bits per heavy atom. The van der Waals surface area contributed by atoms with E-state index in [1.54, 1.807) is 24.3 Å². The van der Waals surface area contributed by atoms with E-state index in [2.05, 4.69) is 15.8 Å². The maximum Gasteiger partial charge on any atom is 0.224 e. The van der Waals surface area contributed by atoms with Crippen LogP contribution in [0.5, 0.6) is 0 Å². The molecule has 4 N–H and O–H groups in total. The van der Waals surface area contributed by atoms with Crippen LogP contribution in [0.1, 0.15) is 40.0 Å². The van der Waals surface area contributed by atoms with Gasteiger partial charge in [-0.25, -0.2) is 0 Å². The van der Waals surface area contributed by atoms with Gasteiger partial charge >= 0.3 is 0 Å². The van der Waals surface area contributed by atoms with Crippen LogP contribution in [-0.4, -0.2) is 22.5 Å². The van der Waals surface area contributed by atoms with Crippen molar-refractivity contribution >= 4 is 52.0 Å². The molecule has 0 aromatic heterocycles. The lowest BCUT2D eigenvalue weighted by Gasteiger charge is -2.21. The number of anilines is 1. The minimum absolute atomic E-state index is 0.0385. The number of hydrogen-bond donors (Lipinski definition) is 3. The van der Waals surface area contributed by atoms with Gasteiger partial charge in [0.05, 0.1) is 5.71 Å². The number of Topliss-reactive ketones (excluding diaryl/α,β-unsaturated/α-hetero) is 1. The fraction of sp³-hybridized carbons (Fsp3) is 0.412. The highest BCUT2D eigenvalue weighted by molar-refractivity contribution is 7.80. The maximum absolute atomic E-state index is 12.2. The number of benzene rings is 1. The average molecular weight is 383 g/mol. The molecule has 0 saturated heterocycles. The summed E-state index contributed by atoms with van der Waals surface area (Å²) < 4.78 is 0. The Labute approximate surface area is 158 Å². The standard InChI is InChI=1S/C17H23ClN4O2S/c1-17(2,3)14(21-22-16(19)25)10-13(23)8-9-15(24)20-12-6-4-11(18)5-7-12/h4-7H,8-10H2,1-3H3,(H,20,24)(H3,19,22,25)/b21-14-. The molecule has 0 heterocycles. The third-order valence-electron chi connectivity index (χ3n) is 3.29. The maximum atomic E-state index is 12.2. The van der Waals surface area contributed by atoms with Gasteiger partial charge in [0.15, 0.2) is 5.11 Å². The first-order valence-corrected chi connectivity index (χ1v) is 8.56. The molecule has 1 rings (SSSR count). The number of hydrogen-bond acceptors (Lipinski definition) is 4. The first-order chi connectivity index (χ1) is 11.6. The summed E-state index contributed by atoms with van der Waals surface area (Å²) in [6, 6.07) is 6.77. The number of carbonyl (C=O) groups is 2. The molecule has 6 nitrogen and oxygen atoms in total. The Kier molecular flexibility index (Phi) is 7.99. The molecule has 0 atom stereocenters. The van der Waals surface area contributed by atoms with Crippen molar-refractivity contribution in [3.05, 3.63) is 29.3 Å². The van der Waals surface area contributed by atoms with Crippen molar-refractivity contribution in [2.45, 2.75) is 40.0 Å². The van der Waals surface area contributed by atoms with Gasteiger partial charge in [0.25, 0.3) is 0 Å². The van der Waals surface area contributed by atoms with Gasteiger partial charge in [0.2, 0.25) is 5.91 Å². The summed E-state index contributed by atoms with van der Waals surface area (Å²) in [5, 5.41) is 7.46. The van der Waals surface area contributed by atoms with E-state index in [1.807, 2.05) is 20.8 Å². The van der Waals surface area contributed by atoms with Crippen LogP contribution < -0.4 is 16.5 Å². The van der Waals surface area contributed by atoms with E-state index in [4.69, 9.17) is 29.6 Å². The fourth-order valence-electron chi connectivity index (χ4n) is 1.88. The molecule has 1 aromatic carbocycles. The molecule has 25 heavy (non-hydrogen) atoms. The van der Waals surface area contributed by atoms with Gasteiger partial charge in [-0.1, -0.05) is 32.4 Å². The molecular formula is C17H23ClN4O2S. The van der Waals surface area contributed by atoms with Gasteiger partial charge in [-0.05, 0) is 36.5 Å². The zero-order valence-electron chi connectivity index (χ0n) is 14.6. The molecular weight excluding hydrogens is 360 g/mol. The molecule has 0 aliphatic heterocycles. The highest BCUT2D eigenvalue weighted by atomic mass is 35.5. The van der Waals surface area contributed by atoms with E-state index in [9.17, 15) is 9.59 Å². The van der Waals surface area contributed by atoms with Gasteiger partial charge in [-0.2, -0.15) is 5.10 Å². The van der Waals surface area contributed by atoms with E-state index in [1.165, 1.54) is 0 Å². The van der Waals surface area contributed by atoms with E-state index in [0.29, 0.717) is 16.4 Å². The smallest absolute Gasteiger partial charge is 0.224 e. The molecule has 8 heteroatoms. The number of amides is 1. The van der Waals surface area contributed by atoms with Gasteiger partial charge in [0, 0.05) is 35.4 Å². The van der Waals surface area contributed by atoms with Crippen molar-refractivity contribution in [1.82, 2.24) is 5.43 Å². The fourth-order valence-corrected chi connectivity index (χ4v) is 2.05. The Hall–Kier alpha value is -1.99. The second-order valence-corrected chi connectivity index (χ2v) is 7.43. The summed E-state index contributed by atoms with van der Waals surface area (Å²) in [5.41, 5.74) is 8.82. The Bertz CT molecular complexity index is 666. The van der Waals surface area contributed by atoms with Crippen molar-refractivity contribution in [3.8, 4) is 0 Å². The second kappa shape index (κ2) is 9.48. The van der Waals surface area contributed by atoms with Crippen LogP contribution >= 0.6 is 23.8 Å². The van der Waals surface area contributed by atoms with Crippen LogP contribution in [0.3, 0.4) is 0 Å². The monoisotopic (exact) mass is 382 g/mol. The Morgan fingerprint density at radius 3 is 2.32 bits per heavy atom. The minimum atomic E-state index is -0.320. The van der Waals surface area contributed by atoms with Crippen LogP contribution in [0.15, 0.2) is 29.4 Å². The van der Waals surface area contributed by atoms with E-state index in [0.717, 1.165) is 0 Å². The Morgan fingerprint density at radius 1 is 1.20 bits per heavy atom. The number of carbonyl (C=O) groups excluding carboxylic acids is 2. The molecule has 0 unspecified atom stereocenters. The third-order valence-corrected chi connectivity index (χ3v) is 3.63. The van der Waals surface area contributed by atoms with Gasteiger partial charge in [-0.15, -0.1) is 0 Å². The number of ketones is 1. The van der Waals surface area contributed by atoms with Gasteiger partial charge in [0.1, 0.15) is 5.78 Å². The largest absolute Gasteiger partial charge is 0.375 e. The highest BCUT2D eigenvalue weighted by Crippen LogP contribution is 2.19. The molecule has 0 radical (unpaired) electrons. The zero-order chi connectivity index (χ0) is 19.0. The lowest BCUT2D eigenvalue weighted by molar-refractivity contribution is -0.122. The molecule has 0 bridgehead atoms. The van der Waals surface area contributed by atoms with Crippen LogP contribution in [0.25, 0.3) is 0 Å². The molecule has 0 aliphatic rings. The summed E-state index contributed by atoms with van der Waals surface area (Å²) in [6.07, 6.45) is 0.358. The average Bonchev–Trinajstić information content (AvgIpc) is 2.50. The van der Waals surface area contributed by atoms with Crippen molar-refractivity contribution in [3.63, 3.8) is 0 Å². The molecule has 0 aliphatic carbocycles. The molecule has 0 spiro atoms. The van der Waals surface area contributed by atoms with Crippen LogP contribution in [0.4, 0.5) is 5.69 Å². The third kappa shape index (κ3) is 8.60. The van der Waals surface area contributed by atoms with Crippen molar-refractivity contribution in [1.29, 1.82) is 0 Å². The number of thiocarbonyl (C=S) groups is 1. The number of rotatable bonds is 7. The van der Waals surface area contributed by atoms with Gasteiger partial charge < -0.3 is 11.1 Å². The summed E-state index contributed by atoms with van der Waals surface area (Å²) in [4.78, 5) is 24.1. The number of nitrogens with zero attached hydrogens (tertiary/aromatic N) is 1. The molecule has 136 valence electrons. The van der Waals surface area contributed by atoms with E-state index < -0.39 is 0 Å².